The van der Waals surface area contributed by atoms with Gasteiger partial charge in [-0.1, -0.05) is 47.5 Å². The summed E-state index contributed by atoms with van der Waals surface area (Å²) >= 11 is 6.19. The van der Waals surface area contributed by atoms with Crippen molar-refractivity contribution in [2.75, 3.05) is 12.4 Å². The average Bonchev–Trinajstić information content (AvgIpc) is 2.85. The first-order chi connectivity index (χ1) is 16.4. The number of halogens is 1. The number of amides is 1. The molecule has 0 aliphatic carbocycles. The highest BCUT2D eigenvalue weighted by molar-refractivity contribution is 6.31. The van der Waals surface area contributed by atoms with E-state index >= 15 is 0 Å². The van der Waals surface area contributed by atoms with Gasteiger partial charge >= 0.3 is 0 Å². The third kappa shape index (κ3) is 5.41. The van der Waals surface area contributed by atoms with E-state index in [0.717, 1.165) is 22.2 Å². The molecule has 0 radical (unpaired) electrons. The Morgan fingerprint density at radius 2 is 1.74 bits per heavy atom. The van der Waals surface area contributed by atoms with E-state index in [-0.39, 0.29) is 24.6 Å². The third-order valence-corrected chi connectivity index (χ3v) is 6.02. The Kier molecular flexibility index (Phi) is 7.18. The van der Waals surface area contributed by atoms with E-state index < -0.39 is 0 Å². The van der Waals surface area contributed by atoms with Crippen molar-refractivity contribution in [3.63, 3.8) is 0 Å². The highest BCUT2D eigenvalue weighted by atomic mass is 35.5. The summed E-state index contributed by atoms with van der Waals surface area (Å²) in [6.07, 6.45) is 0. The maximum atomic E-state index is 13.4. The average molecular weight is 476 g/mol. The molecule has 0 spiro atoms. The van der Waals surface area contributed by atoms with Crippen LogP contribution in [0.1, 0.15) is 16.7 Å². The first kappa shape index (κ1) is 23.4. The summed E-state index contributed by atoms with van der Waals surface area (Å²) < 4.78 is 6.83. The van der Waals surface area contributed by atoms with Gasteiger partial charge in [0.1, 0.15) is 12.3 Å². The molecule has 4 aromatic rings. The number of carbonyl (C=O) groups is 1. The number of nitrogens with zero attached hydrogens (tertiary/aromatic N) is 1. The molecule has 0 saturated carbocycles. The molecule has 4 rings (SSSR count). The number of ether oxygens (including phenoxy) is 1. The number of rotatable bonds is 8. The number of aromatic nitrogens is 1. The maximum absolute atomic E-state index is 13.4. The SMILES string of the molecule is COc1ccc2cc(CNc3ccc(C)cc3)c(=O)n(CC(=O)NCc3ccccc3Cl)c2c1. The lowest BCUT2D eigenvalue weighted by atomic mass is 10.1. The van der Waals surface area contributed by atoms with Crippen LogP contribution in [0.15, 0.2) is 77.6 Å². The van der Waals surface area contributed by atoms with Gasteiger partial charge in [-0.2, -0.15) is 0 Å². The number of methoxy groups -OCH3 is 1. The zero-order valence-corrected chi connectivity index (χ0v) is 19.9. The number of carbonyl (C=O) groups excluding carboxylic acids is 1. The van der Waals surface area contributed by atoms with Gasteiger partial charge in [0.25, 0.3) is 5.56 Å². The summed E-state index contributed by atoms with van der Waals surface area (Å²) in [4.78, 5) is 26.2. The second-order valence-electron chi connectivity index (χ2n) is 8.07. The van der Waals surface area contributed by atoms with Crippen molar-refractivity contribution in [1.82, 2.24) is 9.88 Å². The minimum Gasteiger partial charge on any atom is -0.497 e. The molecule has 0 saturated heterocycles. The Labute approximate surface area is 203 Å². The van der Waals surface area contributed by atoms with Crippen LogP contribution in [0.4, 0.5) is 5.69 Å². The van der Waals surface area contributed by atoms with Crippen LogP contribution in [0.25, 0.3) is 10.9 Å². The molecule has 6 nitrogen and oxygen atoms in total. The summed E-state index contributed by atoms with van der Waals surface area (Å²) in [7, 11) is 1.57. The van der Waals surface area contributed by atoms with Gasteiger partial charge in [0.05, 0.1) is 12.6 Å². The molecule has 7 heteroatoms. The topological polar surface area (TPSA) is 72.4 Å². The van der Waals surface area contributed by atoms with Crippen molar-refractivity contribution in [1.29, 1.82) is 0 Å². The first-order valence-electron chi connectivity index (χ1n) is 11.0. The van der Waals surface area contributed by atoms with E-state index in [4.69, 9.17) is 16.3 Å². The molecule has 3 aromatic carbocycles. The summed E-state index contributed by atoms with van der Waals surface area (Å²) in [6, 6.07) is 22.7. The van der Waals surface area contributed by atoms with E-state index in [9.17, 15) is 9.59 Å². The highest BCUT2D eigenvalue weighted by Gasteiger charge is 2.14. The van der Waals surface area contributed by atoms with E-state index in [1.54, 1.807) is 19.2 Å². The van der Waals surface area contributed by atoms with Gasteiger partial charge in [-0.15, -0.1) is 0 Å². The van der Waals surface area contributed by atoms with Crippen LogP contribution in [0.2, 0.25) is 5.02 Å². The lowest BCUT2D eigenvalue weighted by molar-refractivity contribution is -0.121. The minimum absolute atomic E-state index is 0.120. The second-order valence-corrected chi connectivity index (χ2v) is 8.48. The molecular formula is C27H26ClN3O3. The van der Waals surface area contributed by atoms with Crippen LogP contribution >= 0.6 is 11.6 Å². The maximum Gasteiger partial charge on any atom is 0.256 e. The zero-order chi connectivity index (χ0) is 24.1. The van der Waals surface area contributed by atoms with Crippen molar-refractivity contribution in [2.45, 2.75) is 26.6 Å². The Morgan fingerprint density at radius 3 is 2.47 bits per heavy atom. The van der Waals surface area contributed by atoms with Crippen LogP contribution in [0.3, 0.4) is 0 Å². The molecule has 1 amide bonds. The molecule has 0 unspecified atom stereocenters. The predicted molar refractivity (Wildman–Crippen MR) is 137 cm³/mol. The summed E-state index contributed by atoms with van der Waals surface area (Å²) in [5.74, 6) is 0.331. The molecule has 1 aromatic heterocycles. The van der Waals surface area contributed by atoms with Crippen molar-refractivity contribution in [2.24, 2.45) is 0 Å². The number of hydrogen-bond donors (Lipinski definition) is 2. The van der Waals surface area contributed by atoms with Gasteiger partial charge in [-0.05, 0) is 54.3 Å². The van der Waals surface area contributed by atoms with Crippen molar-refractivity contribution in [3.05, 3.63) is 105 Å². The Hall–Kier alpha value is -3.77. The van der Waals surface area contributed by atoms with Crippen molar-refractivity contribution < 1.29 is 9.53 Å². The van der Waals surface area contributed by atoms with Gasteiger partial charge in [0.15, 0.2) is 0 Å². The molecule has 1 heterocycles. The number of pyridine rings is 1. The number of benzene rings is 3. The van der Waals surface area contributed by atoms with E-state index in [1.807, 2.05) is 67.6 Å². The number of aryl methyl sites for hydroxylation is 1. The van der Waals surface area contributed by atoms with Crippen LogP contribution < -0.4 is 20.9 Å². The highest BCUT2D eigenvalue weighted by Crippen LogP contribution is 2.21. The standard InChI is InChI=1S/C27H26ClN3O3/c1-18-7-10-22(11-8-18)29-16-21-13-19-9-12-23(34-2)14-25(19)31(27(21)33)17-26(32)30-15-20-5-3-4-6-24(20)28/h3-14,29H,15-17H2,1-2H3,(H,30,32). The number of nitrogens with one attached hydrogen (secondary N) is 2. The van der Waals surface area contributed by atoms with Gasteiger partial charge < -0.3 is 15.4 Å². The molecule has 2 N–H and O–H groups in total. The van der Waals surface area contributed by atoms with Crippen LogP contribution in [0.5, 0.6) is 5.75 Å². The Balaban J connectivity index is 1.61. The molecule has 0 aliphatic heterocycles. The fraction of sp³-hybridized carbons (Fsp3) is 0.185. The summed E-state index contributed by atoms with van der Waals surface area (Å²) in [5.41, 5.74) is 3.87. The van der Waals surface area contributed by atoms with Crippen molar-refractivity contribution >= 4 is 34.1 Å². The summed E-state index contributed by atoms with van der Waals surface area (Å²) in [6.45, 7) is 2.52. The zero-order valence-electron chi connectivity index (χ0n) is 19.1. The predicted octanol–water partition coefficient (Wildman–Crippen LogP) is 4.90. The molecule has 0 atom stereocenters. The normalized spacial score (nSPS) is 10.8. The fourth-order valence-electron chi connectivity index (χ4n) is 3.73. The smallest absolute Gasteiger partial charge is 0.256 e. The molecule has 0 aliphatic rings. The van der Waals surface area contributed by atoms with Gasteiger partial charge in [0, 0.05) is 35.4 Å². The van der Waals surface area contributed by atoms with Crippen LogP contribution in [0, 0.1) is 6.92 Å². The van der Waals surface area contributed by atoms with E-state index in [0.29, 0.717) is 28.4 Å². The largest absolute Gasteiger partial charge is 0.497 e. The van der Waals surface area contributed by atoms with Gasteiger partial charge in [-0.3, -0.25) is 14.2 Å². The number of hydrogen-bond acceptors (Lipinski definition) is 4. The summed E-state index contributed by atoms with van der Waals surface area (Å²) in [5, 5.41) is 7.59. The quantitative estimate of drug-likeness (QED) is 0.380. The third-order valence-electron chi connectivity index (χ3n) is 5.65. The molecule has 0 fully saturated rings. The van der Waals surface area contributed by atoms with Crippen LogP contribution in [-0.2, 0) is 24.4 Å². The number of anilines is 1. The molecule has 34 heavy (non-hydrogen) atoms. The second kappa shape index (κ2) is 10.4. The Morgan fingerprint density at radius 1 is 0.971 bits per heavy atom. The first-order valence-corrected chi connectivity index (χ1v) is 11.3. The van der Waals surface area contributed by atoms with Gasteiger partial charge in [-0.25, -0.2) is 0 Å². The number of fused-ring (bicyclic) bond motifs is 1. The monoisotopic (exact) mass is 475 g/mol. The molecular weight excluding hydrogens is 450 g/mol. The van der Waals surface area contributed by atoms with E-state index in [1.165, 1.54) is 4.57 Å². The fourth-order valence-corrected chi connectivity index (χ4v) is 3.93. The lowest BCUT2D eigenvalue weighted by Gasteiger charge is -2.15. The lowest BCUT2D eigenvalue weighted by Crippen LogP contribution is -2.34. The van der Waals surface area contributed by atoms with Crippen molar-refractivity contribution in [3.8, 4) is 5.75 Å². The van der Waals surface area contributed by atoms with Gasteiger partial charge in [0.2, 0.25) is 5.91 Å². The minimum atomic E-state index is -0.283. The molecule has 0 bridgehead atoms. The van der Waals surface area contributed by atoms with E-state index in [2.05, 4.69) is 10.6 Å². The van der Waals surface area contributed by atoms with Crippen LogP contribution in [-0.4, -0.2) is 17.6 Å². The Bertz CT molecular complexity index is 1380. The molecule has 174 valence electrons.